The van der Waals surface area contributed by atoms with Crippen molar-refractivity contribution >= 4 is 29.1 Å². The lowest BCUT2D eigenvalue weighted by molar-refractivity contribution is -0.146. The summed E-state index contributed by atoms with van der Waals surface area (Å²) >= 11 is 6.44. The van der Waals surface area contributed by atoms with E-state index in [1.54, 1.807) is 19.1 Å². The van der Waals surface area contributed by atoms with Gasteiger partial charge in [-0.3, -0.25) is 9.59 Å². The van der Waals surface area contributed by atoms with E-state index >= 15 is 0 Å². The summed E-state index contributed by atoms with van der Waals surface area (Å²) in [6.07, 6.45) is 3.34. The number of rotatable bonds is 9. The molecule has 2 aliphatic rings. The van der Waals surface area contributed by atoms with E-state index in [1.165, 1.54) is 5.01 Å². The van der Waals surface area contributed by atoms with Crippen molar-refractivity contribution in [1.82, 2.24) is 9.91 Å². The standard InChI is InChI=1S/C26H30ClN3O4/c1-33-15-14-29(26(32)19-6-5-7-19)17-25(31)30-24(18-10-12-20(34-2)13-11-18)16-23(28-30)21-8-3-4-9-22(21)27/h3-4,8-13,19,24H,5-7,14-17H2,1-2H3/t24-/m0/s1. The molecule has 1 saturated carbocycles. The van der Waals surface area contributed by atoms with Gasteiger partial charge in [0.25, 0.3) is 5.91 Å². The van der Waals surface area contributed by atoms with E-state index in [2.05, 4.69) is 0 Å². The van der Waals surface area contributed by atoms with Crippen LogP contribution in [0, 0.1) is 5.92 Å². The minimum absolute atomic E-state index is 0.00260. The highest BCUT2D eigenvalue weighted by Gasteiger charge is 2.36. The maximum atomic E-state index is 13.5. The fourth-order valence-corrected chi connectivity index (χ4v) is 4.55. The van der Waals surface area contributed by atoms with Crippen LogP contribution in [-0.4, -0.2) is 61.4 Å². The fourth-order valence-electron chi connectivity index (χ4n) is 4.30. The van der Waals surface area contributed by atoms with E-state index in [0.717, 1.165) is 41.9 Å². The molecule has 180 valence electrons. The van der Waals surface area contributed by atoms with Crippen molar-refractivity contribution in [1.29, 1.82) is 0 Å². The zero-order valence-corrected chi connectivity index (χ0v) is 20.3. The summed E-state index contributed by atoms with van der Waals surface area (Å²) in [4.78, 5) is 28.1. The van der Waals surface area contributed by atoms with E-state index in [9.17, 15) is 9.59 Å². The highest BCUT2D eigenvalue weighted by Crippen LogP contribution is 2.35. The van der Waals surface area contributed by atoms with Crippen molar-refractivity contribution in [3.8, 4) is 5.75 Å². The summed E-state index contributed by atoms with van der Waals surface area (Å²) in [7, 11) is 3.21. The molecule has 0 radical (unpaired) electrons. The third-order valence-corrected chi connectivity index (χ3v) is 6.84. The molecular weight excluding hydrogens is 454 g/mol. The van der Waals surface area contributed by atoms with Gasteiger partial charge in [-0.2, -0.15) is 5.10 Å². The molecule has 7 nitrogen and oxygen atoms in total. The smallest absolute Gasteiger partial charge is 0.262 e. The fraction of sp³-hybridized carbons (Fsp3) is 0.423. The highest BCUT2D eigenvalue weighted by atomic mass is 35.5. The van der Waals surface area contributed by atoms with Gasteiger partial charge in [0.05, 0.1) is 25.5 Å². The summed E-state index contributed by atoms with van der Waals surface area (Å²) in [6, 6.07) is 14.8. The molecular formula is C26H30ClN3O4. The van der Waals surface area contributed by atoms with Crippen LogP contribution in [0.1, 0.15) is 42.9 Å². The zero-order chi connectivity index (χ0) is 24.1. The number of amides is 2. The average Bonchev–Trinajstić information content (AvgIpc) is 3.26. The van der Waals surface area contributed by atoms with E-state index in [0.29, 0.717) is 24.6 Å². The Morgan fingerprint density at radius 2 is 1.85 bits per heavy atom. The molecule has 1 atom stereocenters. The second-order valence-corrected chi connectivity index (χ2v) is 9.05. The van der Waals surface area contributed by atoms with Gasteiger partial charge in [0.15, 0.2) is 0 Å². The molecule has 1 heterocycles. The van der Waals surface area contributed by atoms with Crippen molar-refractivity contribution in [2.75, 3.05) is 33.9 Å². The molecule has 0 spiro atoms. The number of carbonyl (C=O) groups is 2. The van der Waals surface area contributed by atoms with Crippen molar-refractivity contribution in [3.05, 3.63) is 64.7 Å². The predicted octanol–water partition coefficient (Wildman–Crippen LogP) is 4.30. The van der Waals surface area contributed by atoms with Gasteiger partial charge in [0.1, 0.15) is 12.3 Å². The number of ether oxygens (including phenoxy) is 2. The quantitative estimate of drug-likeness (QED) is 0.533. The molecule has 34 heavy (non-hydrogen) atoms. The second kappa shape index (κ2) is 11.0. The number of benzene rings is 2. The molecule has 0 unspecified atom stereocenters. The first-order chi connectivity index (χ1) is 16.5. The summed E-state index contributed by atoms with van der Waals surface area (Å²) in [5, 5.41) is 6.80. The number of methoxy groups -OCH3 is 2. The number of nitrogens with zero attached hydrogens (tertiary/aromatic N) is 3. The molecule has 0 N–H and O–H groups in total. The SMILES string of the molecule is COCCN(CC(=O)N1N=C(c2ccccc2Cl)C[C@H]1c1ccc(OC)cc1)C(=O)C1CCC1. The van der Waals surface area contributed by atoms with Gasteiger partial charge in [-0.1, -0.05) is 48.4 Å². The third-order valence-electron chi connectivity index (χ3n) is 6.51. The Morgan fingerprint density at radius 1 is 1.12 bits per heavy atom. The molecule has 2 amide bonds. The topological polar surface area (TPSA) is 71.4 Å². The maximum absolute atomic E-state index is 13.5. The first-order valence-electron chi connectivity index (χ1n) is 11.6. The van der Waals surface area contributed by atoms with Crippen molar-refractivity contribution in [2.45, 2.75) is 31.7 Å². The molecule has 2 aromatic rings. The van der Waals surface area contributed by atoms with E-state index < -0.39 is 0 Å². The van der Waals surface area contributed by atoms with Crippen molar-refractivity contribution in [2.24, 2.45) is 11.0 Å². The van der Waals surface area contributed by atoms with Gasteiger partial charge >= 0.3 is 0 Å². The lowest BCUT2D eigenvalue weighted by Gasteiger charge is -2.32. The van der Waals surface area contributed by atoms with E-state index in [1.807, 2.05) is 48.5 Å². The van der Waals surface area contributed by atoms with Gasteiger partial charge < -0.3 is 14.4 Å². The number of hydrogen-bond acceptors (Lipinski definition) is 5. The predicted molar refractivity (Wildman–Crippen MR) is 131 cm³/mol. The van der Waals surface area contributed by atoms with Crippen LogP contribution < -0.4 is 4.74 Å². The maximum Gasteiger partial charge on any atom is 0.262 e. The van der Waals surface area contributed by atoms with E-state index in [-0.39, 0.29) is 30.3 Å². The second-order valence-electron chi connectivity index (χ2n) is 8.64. The number of hydrazone groups is 1. The van der Waals surface area contributed by atoms with Gasteiger partial charge in [-0.15, -0.1) is 0 Å². The summed E-state index contributed by atoms with van der Waals surface area (Å²) < 4.78 is 10.5. The van der Waals surface area contributed by atoms with Crippen LogP contribution in [-0.2, 0) is 14.3 Å². The Balaban J connectivity index is 1.61. The Labute approximate surface area is 205 Å². The summed E-state index contributed by atoms with van der Waals surface area (Å²) in [5.41, 5.74) is 2.49. The molecule has 1 aliphatic carbocycles. The largest absolute Gasteiger partial charge is 0.497 e. The van der Waals surface area contributed by atoms with Crippen molar-refractivity contribution < 1.29 is 19.1 Å². The average molecular weight is 484 g/mol. The normalized spacial score (nSPS) is 17.8. The van der Waals surface area contributed by atoms with Crippen molar-refractivity contribution in [3.63, 3.8) is 0 Å². The first-order valence-corrected chi connectivity index (χ1v) is 12.0. The number of hydrogen-bond donors (Lipinski definition) is 0. The Morgan fingerprint density at radius 3 is 2.47 bits per heavy atom. The molecule has 2 aromatic carbocycles. The Bertz CT molecular complexity index is 1050. The van der Waals surface area contributed by atoms with Crippen LogP contribution in [0.2, 0.25) is 5.02 Å². The lowest BCUT2D eigenvalue weighted by Crippen LogP contribution is -2.46. The Hall–Kier alpha value is -2.90. The van der Waals surface area contributed by atoms with Crippen LogP contribution in [0.25, 0.3) is 0 Å². The van der Waals surface area contributed by atoms with E-state index in [4.69, 9.17) is 26.2 Å². The monoisotopic (exact) mass is 483 g/mol. The molecule has 1 aliphatic heterocycles. The molecule has 1 fully saturated rings. The Kier molecular flexibility index (Phi) is 7.85. The van der Waals surface area contributed by atoms with Gasteiger partial charge in [0.2, 0.25) is 5.91 Å². The molecule has 0 aromatic heterocycles. The summed E-state index contributed by atoms with van der Waals surface area (Å²) in [6.45, 7) is 0.714. The van der Waals surface area contributed by atoms with Crippen LogP contribution in [0.5, 0.6) is 5.75 Å². The first kappa shape index (κ1) is 24.2. The molecule has 8 heteroatoms. The minimum atomic E-state index is -0.298. The molecule has 0 bridgehead atoms. The number of halogens is 1. The van der Waals surface area contributed by atoms with Crippen LogP contribution in [0.3, 0.4) is 0 Å². The van der Waals surface area contributed by atoms with Crippen LogP contribution in [0.15, 0.2) is 53.6 Å². The molecule has 0 saturated heterocycles. The van der Waals surface area contributed by atoms with Gasteiger partial charge in [-0.25, -0.2) is 5.01 Å². The zero-order valence-electron chi connectivity index (χ0n) is 19.6. The highest BCUT2D eigenvalue weighted by molar-refractivity contribution is 6.34. The van der Waals surface area contributed by atoms with Crippen LogP contribution in [0.4, 0.5) is 0 Å². The number of carbonyl (C=O) groups excluding carboxylic acids is 2. The summed E-state index contributed by atoms with van der Waals surface area (Å²) in [5.74, 6) is 0.533. The minimum Gasteiger partial charge on any atom is -0.497 e. The molecule has 4 rings (SSSR count). The van der Waals surface area contributed by atoms with Gasteiger partial charge in [0, 0.05) is 36.6 Å². The lowest BCUT2D eigenvalue weighted by atomic mass is 9.84. The van der Waals surface area contributed by atoms with Gasteiger partial charge in [-0.05, 0) is 36.6 Å². The van der Waals surface area contributed by atoms with Crippen LogP contribution >= 0.6 is 11.6 Å². The third kappa shape index (κ3) is 5.26.